The molecule has 3 heteroatoms. The summed E-state index contributed by atoms with van der Waals surface area (Å²) in [4.78, 5) is 16.2. The monoisotopic (exact) mass is 378 g/mol. The molecule has 0 saturated carbocycles. The van der Waals surface area contributed by atoms with E-state index in [1.165, 1.54) is 12.5 Å². The molecule has 0 aliphatic heterocycles. The highest BCUT2D eigenvalue weighted by Gasteiger charge is 2.09. The number of amides is 1. The van der Waals surface area contributed by atoms with Gasteiger partial charge in [0.2, 0.25) is 5.91 Å². The van der Waals surface area contributed by atoms with Crippen molar-refractivity contribution in [1.82, 2.24) is 4.98 Å². The molecule has 4 rings (SSSR count). The molecule has 1 aromatic heterocycles. The number of aryl methyl sites for hydroxylation is 1. The number of nitrogens with zero attached hydrogens (tertiary/aromatic N) is 1. The van der Waals surface area contributed by atoms with Crippen LogP contribution in [0.5, 0.6) is 0 Å². The maximum absolute atomic E-state index is 11.3. The van der Waals surface area contributed by atoms with Crippen molar-refractivity contribution in [2.75, 3.05) is 5.32 Å². The Morgan fingerprint density at radius 3 is 1.83 bits per heavy atom. The van der Waals surface area contributed by atoms with Crippen LogP contribution in [0.3, 0.4) is 0 Å². The van der Waals surface area contributed by atoms with E-state index in [4.69, 9.17) is 4.98 Å². The first-order valence-corrected chi connectivity index (χ1v) is 9.61. The number of benzene rings is 3. The van der Waals surface area contributed by atoms with Crippen LogP contribution < -0.4 is 5.32 Å². The molecule has 3 nitrogen and oxygen atoms in total. The zero-order chi connectivity index (χ0) is 20.2. The van der Waals surface area contributed by atoms with Crippen LogP contribution in [-0.4, -0.2) is 10.9 Å². The van der Waals surface area contributed by atoms with Crippen LogP contribution in [0.4, 0.5) is 5.69 Å². The van der Waals surface area contributed by atoms with Gasteiger partial charge in [-0.25, -0.2) is 4.98 Å². The molecule has 29 heavy (non-hydrogen) atoms. The molecule has 0 spiro atoms. The number of nitrogens with one attached hydrogen (secondary N) is 1. The largest absolute Gasteiger partial charge is 0.326 e. The summed E-state index contributed by atoms with van der Waals surface area (Å²) in [5.74, 6) is -0.0800. The number of carbonyl (C=O) groups excluding carboxylic acids is 1. The smallest absolute Gasteiger partial charge is 0.221 e. The number of carbonyl (C=O) groups is 1. The van der Waals surface area contributed by atoms with Gasteiger partial charge in [-0.3, -0.25) is 4.79 Å². The second kappa shape index (κ2) is 8.11. The lowest BCUT2D eigenvalue weighted by atomic mass is 9.99. The molecular formula is C26H22N2O. The minimum atomic E-state index is -0.0800. The number of pyridine rings is 1. The summed E-state index contributed by atoms with van der Waals surface area (Å²) in [5, 5.41) is 2.80. The number of hydrogen-bond acceptors (Lipinski definition) is 2. The minimum absolute atomic E-state index is 0.0800. The van der Waals surface area contributed by atoms with Crippen LogP contribution in [0.25, 0.3) is 33.6 Å². The zero-order valence-corrected chi connectivity index (χ0v) is 16.5. The summed E-state index contributed by atoms with van der Waals surface area (Å²) < 4.78 is 0. The van der Waals surface area contributed by atoms with Gasteiger partial charge < -0.3 is 5.32 Å². The number of hydrogen-bond donors (Lipinski definition) is 1. The predicted molar refractivity (Wildman–Crippen MR) is 120 cm³/mol. The molecule has 0 aliphatic carbocycles. The average Bonchev–Trinajstić information content (AvgIpc) is 2.75. The third kappa shape index (κ3) is 4.41. The first kappa shape index (κ1) is 18.6. The summed E-state index contributed by atoms with van der Waals surface area (Å²) in [6.07, 6.45) is 0. The Hall–Kier alpha value is -3.72. The molecule has 1 N–H and O–H groups in total. The standard InChI is InChI=1S/C26H22N2O/c1-18-8-10-20(11-9-18)23-16-25(21-6-4-3-5-7-21)28-26(17-23)22-12-14-24(15-13-22)27-19(2)29/h3-17H,1-2H3,(H,27,29). The maximum Gasteiger partial charge on any atom is 0.221 e. The molecule has 0 aliphatic rings. The molecule has 0 bridgehead atoms. The number of anilines is 1. The fourth-order valence-electron chi connectivity index (χ4n) is 3.28. The van der Waals surface area contributed by atoms with E-state index < -0.39 is 0 Å². The summed E-state index contributed by atoms with van der Waals surface area (Å²) in [7, 11) is 0. The zero-order valence-electron chi connectivity index (χ0n) is 16.5. The Morgan fingerprint density at radius 2 is 1.24 bits per heavy atom. The fourth-order valence-corrected chi connectivity index (χ4v) is 3.28. The predicted octanol–water partition coefficient (Wildman–Crippen LogP) is 6.35. The molecule has 4 aromatic rings. The Balaban J connectivity index is 1.81. The van der Waals surface area contributed by atoms with Gasteiger partial charge in [-0.1, -0.05) is 72.3 Å². The molecule has 0 unspecified atom stereocenters. The van der Waals surface area contributed by atoms with Crippen LogP contribution in [0.2, 0.25) is 0 Å². The molecule has 0 radical (unpaired) electrons. The Labute approximate surface area is 171 Å². The SMILES string of the molecule is CC(=O)Nc1ccc(-c2cc(-c3ccc(C)cc3)cc(-c3ccccc3)n2)cc1. The van der Waals surface area contributed by atoms with E-state index in [2.05, 4.69) is 60.8 Å². The second-order valence-corrected chi connectivity index (χ2v) is 7.12. The van der Waals surface area contributed by atoms with E-state index in [1.54, 1.807) is 0 Å². The Bertz CT molecular complexity index is 1130. The second-order valence-electron chi connectivity index (χ2n) is 7.12. The quantitative estimate of drug-likeness (QED) is 0.449. The lowest BCUT2D eigenvalue weighted by molar-refractivity contribution is -0.114. The number of aromatic nitrogens is 1. The third-order valence-electron chi connectivity index (χ3n) is 4.78. The van der Waals surface area contributed by atoms with Crippen molar-refractivity contribution in [3.8, 4) is 33.6 Å². The molecular weight excluding hydrogens is 356 g/mol. The van der Waals surface area contributed by atoms with E-state index >= 15 is 0 Å². The van der Waals surface area contributed by atoms with Gasteiger partial charge in [-0.15, -0.1) is 0 Å². The van der Waals surface area contributed by atoms with Gasteiger partial charge in [0.1, 0.15) is 0 Å². The highest BCUT2D eigenvalue weighted by molar-refractivity contribution is 5.89. The molecule has 3 aromatic carbocycles. The first-order chi connectivity index (χ1) is 14.1. The van der Waals surface area contributed by atoms with Crippen molar-refractivity contribution in [1.29, 1.82) is 0 Å². The maximum atomic E-state index is 11.3. The van der Waals surface area contributed by atoms with E-state index in [0.29, 0.717) is 0 Å². The summed E-state index contributed by atoms with van der Waals surface area (Å²) in [5.41, 5.74) is 8.22. The fraction of sp³-hybridized carbons (Fsp3) is 0.0769. The van der Waals surface area contributed by atoms with Gasteiger partial charge in [-0.05, 0) is 42.3 Å². The van der Waals surface area contributed by atoms with Gasteiger partial charge in [0, 0.05) is 23.7 Å². The lowest BCUT2D eigenvalue weighted by Crippen LogP contribution is -2.05. The normalized spacial score (nSPS) is 10.6. The van der Waals surface area contributed by atoms with E-state index in [-0.39, 0.29) is 5.91 Å². The van der Waals surface area contributed by atoms with Crippen molar-refractivity contribution in [2.45, 2.75) is 13.8 Å². The van der Waals surface area contributed by atoms with Gasteiger partial charge in [0.05, 0.1) is 11.4 Å². The average molecular weight is 378 g/mol. The van der Waals surface area contributed by atoms with Crippen LogP contribution >= 0.6 is 0 Å². The lowest BCUT2D eigenvalue weighted by Gasteiger charge is -2.11. The van der Waals surface area contributed by atoms with E-state index in [1.807, 2.05) is 42.5 Å². The molecule has 0 saturated heterocycles. The first-order valence-electron chi connectivity index (χ1n) is 9.61. The molecule has 1 heterocycles. The highest BCUT2D eigenvalue weighted by Crippen LogP contribution is 2.30. The van der Waals surface area contributed by atoms with E-state index in [9.17, 15) is 4.79 Å². The Morgan fingerprint density at radius 1 is 0.690 bits per heavy atom. The van der Waals surface area contributed by atoms with Crippen molar-refractivity contribution in [3.63, 3.8) is 0 Å². The Kier molecular flexibility index (Phi) is 5.21. The van der Waals surface area contributed by atoms with Gasteiger partial charge in [0.25, 0.3) is 0 Å². The molecule has 1 amide bonds. The van der Waals surface area contributed by atoms with Crippen molar-refractivity contribution >= 4 is 11.6 Å². The van der Waals surface area contributed by atoms with Crippen molar-refractivity contribution < 1.29 is 4.79 Å². The van der Waals surface area contributed by atoms with Crippen LogP contribution in [0.15, 0.2) is 91.0 Å². The minimum Gasteiger partial charge on any atom is -0.326 e. The summed E-state index contributed by atoms with van der Waals surface area (Å²) >= 11 is 0. The van der Waals surface area contributed by atoms with Gasteiger partial charge in [-0.2, -0.15) is 0 Å². The molecule has 0 atom stereocenters. The van der Waals surface area contributed by atoms with Gasteiger partial charge >= 0.3 is 0 Å². The topological polar surface area (TPSA) is 42.0 Å². The van der Waals surface area contributed by atoms with Crippen LogP contribution in [0.1, 0.15) is 12.5 Å². The summed E-state index contributed by atoms with van der Waals surface area (Å²) in [6, 6.07) is 30.8. The molecule has 142 valence electrons. The van der Waals surface area contributed by atoms with Crippen LogP contribution in [0, 0.1) is 6.92 Å². The molecule has 0 fully saturated rings. The summed E-state index contributed by atoms with van der Waals surface area (Å²) in [6.45, 7) is 3.60. The van der Waals surface area contributed by atoms with Gasteiger partial charge in [0.15, 0.2) is 0 Å². The van der Waals surface area contributed by atoms with Crippen molar-refractivity contribution in [2.24, 2.45) is 0 Å². The van der Waals surface area contributed by atoms with E-state index in [0.717, 1.165) is 39.3 Å². The highest BCUT2D eigenvalue weighted by atomic mass is 16.1. The number of rotatable bonds is 4. The third-order valence-corrected chi connectivity index (χ3v) is 4.78. The van der Waals surface area contributed by atoms with Crippen LogP contribution in [-0.2, 0) is 4.79 Å². The van der Waals surface area contributed by atoms with Crippen molar-refractivity contribution in [3.05, 3.63) is 96.6 Å².